The van der Waals surface area contributed by atoms with E-state index in [0.29, 0.717) is 5.92 Å². The lowest BCUT2D eigenvalue weighted by molar-refractivity contribution is 0.735. The molecule has 0 fully saturated rings. The summed E-state index contributed by atoms with van der Waals surface area (Å²) in [5.41, 5.74) is 8.07. The van der Waals surface area contributed by atoms with Crippen molar-refractivity contribution in [2.75, 3.05) is 0 Å². The van der Waals surface area contributed by atoms with Crippen LogP contribution in [0.1, 0.15) is 37.3 Å². The van der Waals surface area contributed by atoms with Crippen LogP contribution in [0.5, 0.6) is 0 Å². The quantitative estimate of drug-likeness (QED) is 0.494. The van der Waals surface area contributed by atoms with Crippen LogP contribution < -0.4 is 0 Å². The molecule has 1 unspecified atom stereocenters. The zero-order valence-corrected chi connectivity index (χ0v) is 14.2. The van der Waals surface area contributed by atoms with Crippen molar-refractivity contribution >= 4 is 0 Å². The number of rotatable bonds is 4. The minimum Gasteiger partial charge on any atom is -0.0648 e. The Morgan fingerprint density at radius 1 is 0.739 bits per heavy atom. The minimum atomic E-state index is 0.564. The van der Waals surface area contributed by atoms with E-state index in [0.717, 1.165) is 6.42 Å². The molecule has 0 saturated heterocycles. The van der Waals surface area contributed by atoms with Crippen molar-refractivity contribution < 1.29 is 0 Å². The molecule has 0 bridgehead atoms. The molecule has 0 N–H and O–H groups in total. The van der Waals surface area contributed by atoms with Crippen LogP contribution in [0, 0.1) is 6.92 Å². The van der Waals surface area contributed by atoms with E-state index in [4.69, 9.17) is 0 Å². The van der Waals surface area contributed by atoms with Gasteiger partial charge in [-0.05, 0) is 58.7 Å². The fourth-order valence-electron chi connectivity index (χ4n) is 3.12. The molecule has 0 spiro atoms. The Morgan fingerprint density at radius 3 is 2.13 bits per heavy atom. The van der Waals surface area contributed by atoms with Crippen molar-refractivity contribution in [1.82, 2.24) is 0 Å². The van der Waals surface area contributed by atoms with E-state index in [1.165, 1.54) is 33.4 Å². The summed E-state index contributed by atoms with van der Waals surface area (Å²) < 4.78 is 0. The Kier molecular flexibility index (Phi) is 4.62. The first kappa shape index (κ1) is 15.6. The Bertz CT molecular complexity index is 784. The third kappa shape index (κ3) is 3.22. The molecule has 0 heterocycles. The lowest BCUT2D eigenvalue weighted by Crippen LogP contribution is -1.97. The van der Waals surface area contributed by atoms with Crippen molar-refractivity contribution in [2.24, 2.45) is 0 Å². The smallest absolute Gasteiger partial charge is 0.0140 e. The fourth-order valence-corrected chi connectivity index (χ4v) is 3.12. The van der Waals surface area contributed by atoms with Gasteiger partial charge in [0.15, 0.2) is 0 Å². The van der Waals surface area contributed by atoms with Gasteiger partial charge < -0.3 is 0 Å². The molecule has 1 atom stereocenters. The predicted molar refractivity (Wildman–Crippen MR) is 101 cm³/mol. The maximum atomic E-state index is 2.36. The van der Waals surface area contributed by atoms with Crippen LogP contribution in [-0.4, -0.2) is 0 Å². The number of hydrogen-bond donors (Lipinski definition) is 0. The highest BCUT2D eigenvalue weighted by atomic mass is 14.2. The molecule has 0 aliphatic carbocycles. The van der Waals surface area contributed by atoms with Crippen LogP contribution in [0.3, 0.4) is 0 Å². The predicted octanol–water partition coefficient (Wildman–Crippen LogP) is 6.84. The van der Waals surface area contributed by atoms with Crippen LogP contribution in [0.4, 0.5) is 0 Å². The van der Waals surface area contributed by atoms with Crippen molar-refractivity contribution in [1.29, 1.82) is 0 Å². The van der Waals surface area contributed by atoms with Gasteiger partial charge in [-0.1, -0.05) is 80.6 Å². The number of benzene rings is 3. The highest BCUT2D eigenvalue weighted by molar-refractivity contribution is 5.77. The highest BCUT2D eigenvalue weighted by Gasteiger charge is 2.13. The van der Waals surface area contributed by atoms with E-state index in [1.54, 1.807) is 0 Å². The van der Waals surface area contributed by atoms with Gasteiger partial charge in [0.2, 0.25) is 0 Å². The maximum absolute atomic E-state index is 2.36. The van der Waals surface area contributed by atoms with E-state index in [1.807, 2.05) is 0 Å². The Morgan fingerprint density at radius 2 is 1.43 bits per heavy atom. The third-order valence-electron chi connectivity index (χ3n) is 4.74. The molecule has 0 heteroatoms. The summed E-state index contributed by atoms with van der Waals surface area (Å²) in [7, 11) is 0. The van der Waals surface area contributed by atoms with Crippen molar-refractivity contribution in [3.05, 3.63) is 83.9 Å². The van der Waals surface area contributed by atoms with Gasteiger partial charge in [-0.2, -0.15) is 0 Å². The zero-order valence-electron chi connectivity index (χ0n) is 14.2. The SMILES string of the molecule is CCC(C)c1ccc(-c2ccccc2)cc1-c1ccccc1C. The van der Waals surface area contributed by atoms with Crippen LogP contribution in [-0.2, 0) is 0 Å². The van der Waals surface area contributed by atoms with Crippen LogP contribution in [0.25, 0.3) is 22.3 Å². The largest absolute Gasteiger partial charge is 0.0648 e. The molecular formula is C23H24. The minimum absolute atomic E-state index is 0.564. The van der Waals surface area contributed by atoms with Crippen molar-refractivity contribution in [2.45, 2.75) is 33.1 Å². The average Bonchev–Trinajstić information content (AvgIpc) is 2.62. The zero-order chi connectivity index (χ0) is 16.2. The molecule has 0 aliphatic rings. The molecule has 0 aliphatic heterocycles. The molecule has 3 aromatic carbocycles. The fraction of sp³-hybridized carbons (Fsp3) is 0.217. The molecular weight excluding hydrogens is 276 g/mol. The molecule has 0 nitrogen and oxygen atoms in total. The Labute approximate surface area is 139 Å². The monoisotopic (exact) mass is 300 g/mol. The Hall–Kier alpha value is -2.34. The summed E-state index contributed by atoms with van der Waals surface area (Å²) in [5.74, 6) is 0.564. The van der Waals surface area contributed by atoms with Gasteiger partial charge in [0.05, 0.1) is 0 Å². The van der Waals surface area contributed by atoms with E-state index in [2.05, 4.69) is 93.6 Å². The summed E-state index contributed by atoms with van der Waals surface area (Å²) in [6.07, 6.45) is 1.16. The van der Waals surface area contributed by atoms with Gasteiger partial charge in [-0.25, -0.2) is 0 Å². The first-order valence-corrected chi connectivity index (χ1v) is 8.46. The highest BCUT2D eigenvalue weighted by Crippen LogP contribution is 2.36. The summed E-state index contributed by atoms with van der Waals surface area (Å²) in [4.78, 5) is 0. The number of aryl methyl sites for hydroxylation is 1. The first-order valence-electron chi connectivity index (χ1n) is 8.46. The van der Waals surface area contributed by atoms with Crippen LogP contribution in [0.15, 0.2) is 72.8 Å². The molecule has 3 rings (SSSR count). The first-order chi connectivity index (χ1) is 11.2. The van der Waals surface area contributed by atoms with Crippen molar-refractivity contribution in [3.8, 4) is 22.3 Å². The molecule has 0 amide bonds. The second kappa shape index (κ2) is 6.83. The van der Waals surface area contributed by atoms with Gasteiger partial charge in [-0.3, -0.25) is 0 Å². The molecule has 0 aromatic heterocycles. The van der Waals surface area contributed by atoms with E-state index >= 15 is 0 Å². The summed E-state index contributed by atoms with van der Waals surface area (Å²) >= 11 is 0. The molecule has 116 valence electrons. The van der Waals surface area contributed by atoms with Crippen molar-refractivity contribution in [3.63, 3.8) is 0 Å². The van der Waals surface area contributed by atoms with Gasteiger partial charge in [0.25, 0.3) is 0 Å². The normalized spacial score (nSPS) is 12.1. The van der Waals surface area contributed by atoms with E-state index in [9.17, 15) is 0 Å². The lowest BCUT2D eigenvalue weighted by atomic mass is 9.86. The Balaban J connectivity index is 2.19. The second-order valence-electron chi connectivity index (χ2n) is 6.29. The van der Waals surface area contributed by atoms with Crippen LogP contribution in [0.2, 0.25) is 0 Å². The third-order valence-corrected chi connectivity index (χ3v) is 4.74. The molecule has 23 heavy (non-hydrogen) atoms. The average molecular weight is 300 g/mol. The summed E-state index contributed by atoms with van der Waals surface area (Å²) in [6, 6.07) is 26.3. The van der Waals surface area contributed by atoms with Crippen LogP contribution >= 0.6 is 0 Å². The maximum Gasteiger partial charge on any atom is -0.0140 e. The van der Waals surface area contributed by atoms with E-state index < -0.39 is 0 Å². The van der Waals surface area contributed by atoms with Gasteiger partial charge in [0, 0.05) is 0 Å². The number of hydrogen-bond acceptors (Lipinski definition) is 0. The molecule has 0 saturated carbocycles. The van der Waals surface area contributed by atoms with Gasteiger partial charge >= 0.3 is 0 Å². The second-order valence-corrected chi connectivity index (χ2v) is 6.29. The molecule has 3 aromatic rings. The summed E-state index contributed by atoms with van der Waals surface area (Å²) in [5, 5.41) is 0. The van der Waals surface area contributed by atoms with Gasteiger partial charge in [-0.15, -0.1) is 0 Å². The standard InChI is InChI=1S/C23H24/c1-4-17(2)22-15-14-20(19-11-6-5-7-12-19)16-23(22)21-13-9-8-10-18(21)3/h5-17H,4H2,1-3H3. The van der Waals surface area contributed by atoms with Gasteiger partial charge in [0.1, 0.15) is 0 Å². The lowest BCUT2D eigenvalue weighted by Gasteiger charge is -2.18. The summed E-state index contributed by atoms with van der Waals surface area (Å²) in [6.45, 7) is 6.78. The molecule has 0 radical (unpaired) electrons. The van der Waals surface area contributed by atoms with E-state index in [-0.39, 0.29) is 0 Å². The topological polar surface area (TPSA) is 0 Å².